The Labute approximate surface area is 132 Å². The summed E-state index contributed by atoms with van der Waals surface area (Å²) < 4.78 is 6.43. The zero-order valence-corrected chi connectivity index (χ0v) is 14.3. The Bertz CT molecular complexity index is 601. The first-order valence-corrected chi connectivity index (χ1v) is 8.16. The van der Waals surface area contributed by atoms with Crippen LogP contribution < -0.4 is 10.1 Å². The van der Waals surface area contributed by atoms with Gasteiger partial charge in [-0.1, -0.05) is 13.0 Å². The second-order valence-electron chi connectivity index (χ2n) is 6.58. The van der Waals surface area contributed by atoms with Crippen LogP contribution in [0.25, 0.3) is 0 Å². The van der Waals surface area contributed by atoms with Crippen molar-refractivity contribution in [2.45, 2.75) is 65.3 Å². The lowest BCUT2D eigenvalue weighted by Gasteiger charge is -2.54. The molecule has 3 rings (SSSR count). The summed E-state index contributed by atoms with van der Waals surface area (Å²) in [5.74, 6) is 1.00. The van der Waals surface area contributed by atoms with Crippen LogP contribution >= 0.6 is 12.2 Å². The normalized spacial score (nSPS) is 28.5. The molecule has 3 atom stereocenters. The molecule has 3 nitrogen and oxygen atoms in total. The summed E-state index contributed by atoms with van der Waals surface area (Å²) in [6.07, 6.45) is 1.97. The van der Waals surface area contributed by atoms with Gasteiger partial charge in [0.15, 0.2) is 10.8 Å². The Kier molecular flexibility index (Phi) is 3.40. The first-order chi connectivity index (χ1) is 9.85. The van der Waals surface area contributed by atoms with E-state index in [4.69, 9.17) is 17.0 Å². The Morgan fingerprint density at radius 2 is 2.10 bits per heavy atom. The minimum Gasteiger partial charge on any atom is -0.468 e. The van der Waals surface area contributed by atoms with Crippen LogP contribution in [-0.2, 0) is 0 Å². The largest absolute Gasteiger partial charge is 0.468 e. The van der Waals surface area contributed by atoms with Gasteiger partial charge in [0.2, 0.25) is 0 Å². The Hall–Kier alpha value is -1.29. The van der Waals surface area contributed by atoms with E-state index in [2.05, 4.69) is 57.0 Å². The monoisotopic (exact) mass is 304 g/mol. The second kappa shape index (κ2) is 4.87. The number of rotatable bonds is 2. The number of nitrogens with zero attached hydrogens (tertiary/aromatic N) is 1. The fraction of sp³-hybridized carbons (Fsp3) is 0.588. The smallest absolute Gasteiger partial charge is 0.184 e. The molecule has 21 heavy (non-hydrogen) atoms. The summed E-state index contributed by atoms with van der Waals surface area (Å²) in [7, 11) is 0. The molecule has 2 bridgehead atoms. The van der Waals surface area contributed by atoms with Gasteiger partial charge in [-0.3, -0.25) is 0 Å². The molecular weight excluding hydrogens is 280 g/mol. The van der Waals surface area contributed by atoms with Crippen molar-refractivity contribution in [2.75, 3.05) is 0 Å². The van der Waals surface area contributed by atoms with Crippen LogP contribution in [0.2, 0.25) is 0 Å². The molecule has 0 amide bonds. The number of nitrogens with one attached hydrogen (secondary N) is 1. The molecule has 1 saturated heterocycles. The van der Waals surface area contributed by atoms with Gasteiger partial charge in [0.1, 0.15) is 5.75 Å². The van der Waals surface area contributed by atoms with E-state index in [1.165, 1.54) is 16.7 Å². The van der Waals surface area contributed by atoms with Crippen LogP contribution in [0.4, 0.5) is 0 Å². The third-order valence-corrected chi connectivity index (χ3v) is 5.29. The topological polar surface area (TPSA) is 24.5 Å². The SMILES string of the molecule is CCC(C)N1C(=S)NC2CC1(C)Oc1cc(C)c(C)cc12. The molecule has 0 spiro atoms. The van der Waals surface area contributed by atoms with Gasteiger partial charge in [-0.15, -0.1) is 0 Å². The van der Waals surface area contributed by atoms with Crippen LogP contribution in [0.15, 0.2) is 12.1 Å². The Morgan fingerprint density at radius 1 is 1.43 bits per heavy atom. The summed E-state index contributed by atoms with van der Waals surface area (Å²) in [5.41, 5.74) is 3.46. The van der Waals surface area contributed by atoms with Gasteiger partial charge in [-0.2, -0.15) is 0 Å². The average Bonchev–Trinajstić information content (AvgIpc) is 2.40. The molecular formula is C17H24N2OS. The molecule has 114 valence electrons. The highest BCUT2D eigenvalue weighted by Gasteiger charge is 2.48. The van der Waals surface area contributed by atoms with Crippen LogP contribution in [0.1, 0.15) is 56.3 Å². The molecule has 0 saturated carbocycles. The molecule has 1 N–H and O–H groups in total. The number of hydrogen-bond donors (Lipinski definition) is 1. The van der Waals surface area contributed by atoms with Crippen molar-refractivity contribution in [3.8, 4) is 5.75 Å². The maximum atomic E-state index is 6.43. The van der Waals surface area contributed by atoms with Gasteiger partial charge in [0.25, 0.3) is 0 Å². The fourth-order valence-electron chi connectivity index (χ4n) is 3.50. The number of ether oxygens (including phenoxy) is 1. The zero-order valence-electron chi connectivity index (χ0n) is 13.5. The van der Waals surface area contributed by atoms with Crippen molar-refractivity contribution in [3.63, 3.8) is 0 Å². The molecule has 0 aliphatic carbocycles. The summed E-state index contributed by atoms with van der Waals surface area (Å²) in [6.45, 7) is 10.8. The van der Waals surface area contributed by atoms with Crippen molar-refractivity contribution in [3.05, 3.63) is 28.8 Å². The van der Waals surface area contributed by atoms with Crippen LogP contribution in [0.3, 0.4) is 0 Å². The summed E-state index contributed by atoms with van der Waals surface area (Å²) >= 11 is 5.62. The molecule has 0 radical (unpaired) electrons. The van der Waals surface area contributed by atoms with Crippen molar-refractivity contribution in [2.24, 2.45) is 0 Å². The van der Waals surface area contributed by atoms with E-state index in [0.717, 1.165) is 23.7 Å². The third kappa shape index (κ3) is 2.20. The minimum absolute atomic E-state index is 0.255. The van der Waals surface area contributed by atoms with Crippen molar-refractivity contribution >= 4 is 17.3 Å². The van der Waals surface area contributed by atoms with E-state index < -0.39 is 0 Å². The van der Waals surface area contributed by atoms with Gasteiger partial charge in [0, 0.05) is 18.0 Å². The van der Waals surface area contributed by atoms with Crippen LogP contribution in [0, 0.1) is 13.8 Å². The first kappa shape index (κ1) is 14.6. The van der Waals surface area contributed by atoms with Gasteiger partial charge in [-0.05, 0) is 63.5 Å². The lowest BCUT2D eigenvalue weighted by molar-refractivity contribution is -0.0840. The predicted molar refractivity (Wildman–Crippen MR) is 89.6 cm³/mol. The zero-order chi connectivity index (χ0) is 15.4. The van der Waals surface area contributed by atoms with Crippen molar-refractivity contribution in [1.29, 1.82) is 0 Å². The standard InChI is InChI=1S/C17H24N2OS/c1-6-12(4)19-16(21)18-14-9-17(19,5)20-15-8-11(3)10(2)7-13(14)15/h7-8,12,14H,6,9H2,1-5H3,(H,18,21). The summed E-state index contributed by atoms with van der Waals surface area (Å²) in [4.78, 5) is 2.23. The Balaban J connectivity index is 2.07. The van der Waals surface area contributed by atoms with Crippen LogP contribution in [0.5, 0.6) is 5.75 Å². The highest BCUT2D eigenvalue weighted by molar-refractivity contribution is 7.80. The Morgan fingerprint density at radius 3 is 2.76 bits per heavy atom. The highest BCUT2D eigenvalue weighted by Crippen LogP contribution is 2.45. The summed E-state index contributed by atoms with van der Waals surface area (Å²) in [5, 5.41) is 4.33. The average molecular weight is 304 g/mol. The maximum absolute atomic E-state index is 6.43. The minimum atomic E-state index is -0.350. The molecule has 0 aromatic heterocycles. The molecule has 3 unspecified atom stereocenters. The van der Waals surface area contributed by atoms with E-state index in [0.29, 0.717) is 6.04 Å². The van der Waals surface area contributed by atoms with Gasteiger partial charge in [-0.25, -0.2) is 0 Å². The first-order valence-electron chi connectivity index (χ1n) is 7.75. The maximum Gasteiger partial charge on any atom is 0.184 e. The number of thiocarbonyl (C=S) groups is 1. The second-order valence-corrected chi connectivity index (χ2v) is 6.97. The van der Waals surface area contributed by atoms with Crippen LogP contribution in [-0.4, -0.2) is 21.8 Å². The fourth-order valence-corrected chi connectivity index (χ4v) is 4.01. The quantitative estimate of drug-likeness (QED) is 0.839. The molecule has 1 fully saturated rings. The van der Waals surface area contributed by atoms with Gasteiger partial charge < -0.3 is 15.0 Å². The lowest BCUT2D eigenvalue weighted by Crippen LogP contribution is -2.66. The van der Waals surface area contributed by atoms with E-state index >= 15 is 0 Å². The van der Waals surface area contributed by atoms with E-state index in [-0.39, 0.29) is 11.8 Å². The molecule has 2 aliphatic rings. The van der Waals surface area contributed by atoms with Crippen molar-refractivity contribution in [1.82, 2.24) is 10.2 Å². The van der Waals surface area contributed by atoms with Crippen molar-refractivity contribution < 1.29 is 4.74 Å². The van der Waals surface area contributed by atoms with E-state index in [1.54, 1.807) is 0 Å². The van der Waals surface area contributed by atoms with Gasteiger partial charge in [0.05, 0.1) is 6.04 Å². The van der Waals surface area contributed by atoms with E-state index in [1.807, 2.05) is 0 Å². The number of hydrogen-bond acceptors (Lipinski definition) is 2. The molecule has 1 aromatic rings. The van der Waals surface area contributed by atoms with E-state index in [9.17, 15) is 0 Å². The summed E-state index contributed by atoms with van der Waals surface area (Å²) in [6, 6.07) is 5.03. The van der Waals surface area contributed by atoms with Gasteiger partial charge >= 0.3 is 0 Å². The predicted octanol–water partition coefficient (Wildman–Crippen LogP) is 3.83. The number of aryl methyl sites for hydroxylation is 2. The number of benzene rings is 1. The molecule has 4 heteroatoms. The molecule has 2 aliphatic heterocycles. The molecule has 1 aromatic carbocycles. The lowest BCUT2D eigenvalue weighted by atomic mass is 9.88. The number of fused-ring (bicyclic) bond motifs is 4. The molecule has 2 heterocycles. The highest BCUT2D eigenvalue weighted by atomic mass is 32.1. The third-order valence-electron chi connectivity index (χ3n) is 4.97.